The number of carbonyl (C=O) groups is 2. The third-order valence-electron chi connectivity index (χ3n) is 5.50. The summed E-state index contributed by atoms with van der Waals surface area (Å²) in [5.74, 6) is -0.496. The van der Waals surface area contributed by atoms with E-state index in [2.05, 4.69) is 0 Å². The first-order valence-corrected chi connectivity index (χ1v) is 9.67. The molecule has 0 spiro atoms. The standard InChI is InChI=1S/C23H28N2O3/c1-16(2)24(3)23(27)20-18-12-8-9-13-19(18)22(26)25(14-15-28-4)21(20)17-10-6-5-7-11-17/h5-13,16,20-21H,14-15H2,1-4H3/t20-,21-/m1/s1. The molecule has 148 valence electrons. The van der Waals surface area contributed by atoms with Gasteiger partial charge in [-0.15, -0.1) is 0 Å². The number of nitrogens with zero attached hydrogens (tertiary/aromatic N) is 2. The van der Waals surface area contributed by atoms with Gasteiger partial charge in [-0.2, -0.15) is 0 Å². The van der Waals surface area contributed by atoms with E-state index in [9.17, 15) is 9.59 Å². The van der Waals surface area contributed by atoms with Crippen molar-refractivity contribution in [3.8, 4) is 0 Å². The molecule has 1 aliphatic rings. The SMILES string of the molecule is COCCN1C(=O)c2ccccc2[C@@H](C(=O)N(C)C(C)C)[C@H]1c1ccccc1. The fourth-order valence-corrected chi connectivity index (χ4v) is 3.79. The van der Waals surface area contributed by atoms with Gasteiger partial charge in [-0.25, -0.2) is 0 Å². The smallest absolute Gasteiger partial charge is 0.254 e. The lowest BCUT2D eigenvalue weighted by Gasteiger charge is -2.43. The number of methoxy groups -OCH3 is 1. The number of likely N-dealkylation sites (N-methyl/N-ethyl adjacent to an activating group) is 1. The van der Waals surface area contributed by atoms with Crippen LogP contribution in [-0.2, 0) is 9.53 Å². The number of hydrogen-bond donors (Lipinski definition) is 0. The number of ether oxygens (including phenoxy) is 1. The second-order valence-electron chi connectivity index (χ2n) is 7.45. The molecule has 0 aliphatic carbocycles. The Kier molecular flexibility index (Phi) is 6.15. The predicted octanol–water partition coefficient (Wildman–Crippen LogP) is 3.48. The van der Waals surface area contributed by atoms with Gasteiger partial charge in [0, 0.05) is 32.3 Å². The maximum absolute atomic E-state index is 13.6. The highest BCUT2D eigenvalue weighted by molar-refractivity contribution is 6.01. The Morgan fingerprint density at radius 3 is 2.39 bits per heavy atom. The molecule has 0 radical (unpaired) electrons. The van der Waals surface area contributed by atoms with Crippen molar-refractivity contribution in [2.45, 2.75) is 31.8 Å². The van der Waals surface area contributed by atoms with Gasteiger partial charge in [0.05, 0.1) is 18.6 Å². The Bertz CT molecular complexity index is 835. The molecule has 2 aromatic rings. The summed E-state index contributed by atoms with van der Waals surface area (Å²) < 4.78 is 5.26. The first-order chi connectivity index (χ1) is 13.5. The summed E-state index contributed by atoms with van der Waals surface area (Å²) in [6.07, 6.45) is 0. The first kappa shape index (κ1) is 20.1. The van der Waals surface area contributed by atoms with Crippen molar-refractivity contribution in [2.75, 3.05) is 27.3 Å². The van der Waals surface area contributed by atoms with Crippen molar-refractivity contribution >= 4 is 11.8 Å². The number of carbonyl (C=O) groups excluding carboxylic acids is 2. The minimum absolute atomic E-state index is 0.0196. The van der Waals surface area contributed by atoms with Gasteiger partial charge >= 0.3 is 0 Å². The van der Waals surface area contributed by atoms with E-state index < -0.39 is 5.92 Å². The number of rotatable bonds is 6. The number of benzene rings is 2. The monoisotopic (exact) mass is 380 g/mol. The van der Waals surface area contributed by atoms with E-state index in [0.717, 1.165) is 11.1 Å². The molecular weight excluding hydrogens is 352 g/mol. The number of fused-ring (bicyclic) bond motifs is 1. The van der Waals surface area contributed by atoms with E-state index in [1.807, 2.05) is 75.5 Å². The molecule has 0 saturated heterocycles. The molecule has 0 N–H and O–H groups in total. The van der Waals surface area contributed by atoms with Gasteiger partial charge in [0.25, 0.3) is 5.91 Å². The molecule has 1 aliphatic heterocycles. The van der Waals surface area contributed by atoms with Crippen molar-refractivity contribution in [1.82, 2.24) is 9.80 Å². The molecule has 5 heteroatoms. The zero-order chi connectivity index (χ0) is 20.3. The molecule has 5 nitrogen and oxygen atoms in total. The van der Waals surface area contributed by atoms with Crippen LogP contribution in [0.2, 0.25) is 0 Å². The van der Waals surface area contributed by atoms with E-state index in [1.165, 1.54) is 0 Å². The van der Waals surface area contributed by atoms with Crippen molar-refractivity contribution in [3.63, 3.8) is 0 Å². The van der Waals surface area contributed by atoms with Gasteiger partial charge in [-0.1, -0.05) is 48.5 Å². The molecule has 2 atom stereocenters. The van der Waals surface area contributed by atoms with Crippen LogP contribution in [0, 0.1) is 0 Å². The molecule has 0 fully saturated rings. The Hall–Kier alpha value is -2.66. The molecule has 2 amide bonds. The van der Waals surface area contributed by atoms with Crippen molar-refractivity contribution in [1.29, 1.82) is 0 Å². The van der Waals surface area contributed by atoms with Gasteiger partial charge < -0.3 is 14.5 Å². The van der Waals surface area contributed by atoms with E-state index in [4.69, 9.17) is 4.74 Å². The van der Waals surface area contributed by atoms with E-state index in [0.29, 0.717) is 18.7 Å². The maximum Gasteiger partial charge on any atom is 0.254 e. The van der Waals surface area contributed by atoms with Gasteiger partial charge in [0.15, 0.2) is 0 Å². The third-order valence-corrected chi connectivity index (χ3v) is 5.50. The van der Waals surface area contributed by atoms with Crippen LogP contribution in [0.25, 0.3) is 0 Å². The Morgan fingerprint density at radius 2 is 1.75 bits per heavy atom. The molecule has 0 saturated carbocycles. The van der Waals surface area contributed by atoms with Crippen LogP contribution in [0.15, 0.2) is 54.6 Å². The quantitative estimate of drug-likeness (QED) is 0.771. The zero-order valence-corrected chi connectivity index (χ0v) is 17.0. The number of hydrogen-bond acceptors (Lipinski definition) is 3. The van der Waals surface area contributed by atoms with Gasteiger partial charge in [-0.05, 0) is 31.0 Å². The van der Waals surface area contributed by atoms with Crippen LogP contribution in [0.1, 0.15) is 47.3 Å². The summed E-state index contributed by atoms with van der Waals surface area (Å²) in [6.45, 7) is 4.84. The van der Waals surface area contributed by atoms with Crippen LogP contribution in [0.5, 0.6) is 0 Å². The molecule has 28 heavy (non-hydrogen) atoms. The largest absolute Gasteiger partial charge is 0.383 e. The Balaban J connectivity index is 2.18. The highest BCUT2D eigenvalue weighted by atomic mass is 16.5. The minimum atomic E-state index is -0.458. The fraction of sp³-hybridized carbons (Fsp3) is 0.391. The Labute approximate surface area is 166 Å². The lowest BCUT2D eigenvalue weighted by atomic mass is 9.78. The molecule has 3 rings (SSSR count). The molecule has 1 heterocycles. The van der Waals surface area contributed by atoms with E-state index in [1.54, 1.807) is 16.9 Å². The lowest BCUT2D eigenvalue weighted by molar-refractivity contribution is -0.134. The highest BCUT2D eigenvalue weighted by Gasteiger charge is 2.44. The predicted molar refractivity (Wildman–Crippen MR) is 109 cm³/mol. The van der Waals surface area contributed by atoms with Crippen molar-refractivity contribution < 1.29 is 14.3 Å². The van der Waals surface area contributed by atoms with Gasteiger partial charge in [0.1, 0.15) is 0 Å². The van der Waals surface area contributed by atoms with E-state index in [-0.39, 0.29) is 23.9 Å². The van der Waals surface area contributed by atoms with E-state index >= 15 is 0 Å². The average molecular weight is 380 g/mol. The van der Waals surface area contributed by atoms with Crippen molar-refractivity contribution in [3.05, 3.63) is 71.3 Å². The average Bonchev–Trinajstić information content (AvgIpc) is 2.72. The topological polar surface area (TPSA) is 49.9 Å². The van der Waals surface area contributed by atoms with Gasteiger partial charge in [-0.3, -0.25) is 9.59 Å². The molecule has 2 aromatic carbocycles. The van der Waals surface area contributed by atoms with Crippen LogP contribution in [-0.4, -0.2) is 55.0 Å². The summed E-state index contributed by atoms with van der Waals surface area (Å²) in [5, 5.41) is 0. The first-order valence-electron chi connectivity index (χ1n) is 9.67. The molecular formula is C23H28N2O3. The minimum Gasteiger partial charge on any atom is -0.383 e. The highest BCUT2D eigenvalue weighted by Crippen LogP contribution is 2.43. The van der Waals surface area contributed by atoms with Crippen LogP contribution < -0.4 is 0 Å². The summed E-state index contributed by atoms with van der Waals surface area (Å²) >= 11 is 0. The molecule has 0 unspecified atom stereocenters. The zero-order valence-electron chi connectivity index (χ0n) is 17.0. The van der Waals surface area contributed by atoms with Gasteiger partial charge in [0.2, 0.25) is 5.91 Å². The summed E-state index contributed by atoms with van der Waals surface area (Å²) in [7, 11) is 3.45. The van der Waals surface area contributed by atoms with Crippen LogP contribution in [0.4, 0.5) is 0 Å². The number of amides is 2. The summed E-state index contributed by atoms with van der Waals surface area (Å²) in [5.41, 5.74) is 2.35. The molecule has 0 bridgehead atoms. The second kappa shape index (κ2) is 8.57. The summed E-state index contributed by atoms with van der Waals surface area (Å²) in [4.78, 5) is 30.4. The Morgan fingerprint density at radius 1 is 1.11 bits per heavy atom. The van der Waals surface area contributed by atoms with Crippen molar-refractivity contribution in [2.24, 2.45) is 0 Å². The lowest BCUT2D eigenvalue weighted by Crippen LogP contribution is -2.49. The third kappa shape index (κ3) is 3.67. The van der Waals surface area contributed by atoms with Crippen LogP contribution >= 0.6 is 0 Å². The maximum atomic E-state index is 13.6. The van der Waals surface area contributed by atoms with Crippen LogP contribution in [0.3, 0.4) is 0 Å². The normalized spacial score (nSPS) is 18.9. The molecule has 0 aromatic heterocycles. The second-order valence-corrected chi connectivity index (χ2v) is 7.45. The fourth-order valence-electron chi connectivity index (χ4n) is 3.79. The summed E-state index contributed by atoms with van der Waals surface area (Å²) in [6, 6.07) is 17.0.